The Morgan fingerprint density at radius 3 is 1.88 bits per heavy atom. The van der Waals surface area contributed by atoms with Crippen LogP contribution in [0.15, 0.2) is 78.0 Å². The van der Waals surface area contributed by atoms with Crippen molar-refractivity contribution in [3.63, 3.8) is 0 Å². The van der Waals surface area contributed by atoms with E-state index in [4.69, 9.17) is 19.9 Å². The van der Waals surface area contributed by atoms with Gasteiger partial charge in [0.25, 0.3) is 0 Å². The number of hydrogen-bond donors (Lipinski definition) is 2. The fraction of sp³-hybridized carbons (Fsp3) is 0.259. The van der Waals surface area contributed by atoms with Crippen molar-refractivity contribution in [3.05, 3.63) is 104 Å². The molecule has 2 aromatic heterocycles. The van der Waals surface area contributed by atoms with E-state index >= 15 is 0 Å². The Labute approximate surface area is 252 Å². The first-order valence-corrected chi connectivity index (χ1v) is 12.2. The van der Waals surface area contributed by atoms with Crippen LogP contribution >= 0.6 is 12.0 Å². The van der Waals surface area contributed by atoms with Gasteiger partial charge in [0.2, 0.25) is 5.91 Å². The minimum absolute atomic E-state index is 0. The fourth-order valence-corrected chi connectivity index (χ4v) is 3.69. The Bertz CT molecular complexity index is 1030. The third-order valence-electron chi connectivity index (χ3n) is 4.91. The number of nitrogens with zero attached hydrogens (tertiary/aromatic N) is 3. The van der Waals surface area contributed by atoms with Crippen LogP contribution < -0.4 is 11.2 Å². The van der Waals surface area contributed by atoms with Crippen molar-refractivity contribution in [1.29, 1.82) is 0 Å². The zero-order chi connectivity index (χ0) is 29.1. The van der Waals surface area contributed by atoms with Crippen LogP contribution in [0.1, 0.15) is 37.1 Å². The van der Waals surface area contributed by atoms with Crippen LogP contribution in [0, 0.1) is 20.0 Å². The number of aromatic nitrogens is 2. The van der Waals surface area contributed by atoms with Gasteiger partial charge in [-0.15, -0.1) is 9.32 Å². The molecule has 0 spiro atoms. The van der Waals surface area contributed by atoms with Gasteiger partial charge in [-0.25, -0.2) is 0 Å². The second-order valence-corrected chi connectivity index (χ2v) is 8.26. The molecule has 1 aromatic carbocycles. The molecule has 0 saturated heterocycles. The Morgan fingerprint density at radius 2 is 1.40 bits per heavy atom. The van der Waals surface area contributed by atoms with Crippen molar-refractivity contribution in [3.8, 4) is 0 Å². The molecule has 13 heteroatoms. The normalized spacial score (nSPS) is 9.20. The van der Waals surface area contributed by atoms with Gasteiger partial charge in [-0.05, 0) is 67.9 Å². The molecular formula is C27H29N5O6ReS. The zero-order valence-corrected chi connectivity index (χ0v) is 25.1. The number of benzene rings is 1. The van der Waals surface area contributed by atoms with Gasteiger partial charge >= 0.3 is 33.9 Å². The first kappa shape index (κ1) is 39.2. The van der Waals surface area contributed by atoms with E-state index in [2.05, 4.69) is 49.5 Å². The third-order valence-corrected chi connectivity index (χ3v) is 5.52. The Balaban J connectivity index is 0. The number of rotatable bonds is 14. The molecule has 11 nitrogen and oxygen atoms in total. The van der Waals surface area contributed by atoms with Crippen LogP contribution in [0.2, 0.25) is 0 Å². The number of anilines is 1. The maximum Gasteiger partial charge on any atom is 0 e. The zero-order valence-electron chi connectivity index (χ0n) is 21.5. The van der Waals surface area contributed by atoms with E-state index in [9.17, 15) is 4.79 Å². The first-order chi connectivity index (χ1) is 19.2. The summed E-state index contributed by atoms with van der Waals surface area (Å²) in [7, 11) is 0. The number of nitrogens with one attached hydrogen (secondary N) is 1. The van der Waals surface area contributed by atoms with Crippen LogP contribution in [0.5, 0.6) is 0 Å². The van der Waals surface area contributed by atoms with Crippen molar-refractivity contribution in [2.75, 3.05) is 11.9 Å². The molecule has 3 rings (SSSR count). The predicted molar refractivity (Wildman–Crippen MR) is 140 cm³/mol. The summed E-state index contributed by atoms with van der Waals surface area (Å²) < 4.78 is 27.1. The number of carbonyl (C=O) groups is 1. The van der Waals surface area contributed by atoms with Crippen LogP contribution in [0.25, 0.3) is 0 Å². The molecular weight excluding hydrogens is 709 g/mol. The fourth-order valence-electron chi connectivity index (χ4n) is 3.33. The Hall–Kier alpha value is -2.94. The van der Waals surface area contributed by atoms with E-state index in [1.54, 1.807) is 0 Å². The summed E-state index contributed by atoms with van der Waals surface area (Å²) in [6.45, 7) is 16.0. The van der Waals surface area contributed by atoms with Crippen LogP contribution in [-0.2, 0) is 61.6 Å². The molecule has 0 bridgehead atoms. The summed E-state index contributed by atoms with van der Waals surface area (Å²) in [5.74, 6) is 4.83. The van der Waals surface area contributed by atoms with Crippen molar-refractivity contribution in [1.82, 2.24) is 14.9 Å². The first-order valence-electron chi connectivity index (χ1n) is 11.5. The number of amides is 1. The van der Waals surface area contributed by atoms with Crippen molar-refractivity contribution < 1.29 is 48.5 Å². The quantitative estimate of drug-likeness (QED) is 0.0615. The van der Waals surface area contributed by atoms with E-state index < -0.39 is 0 Å². The summed E-state index contributed by atoms with van der Waals surface area (Å²) in [6.07, 6.45) is 6.94. The number of carbonyl (C=O) groups excluding carboxylic acids is 1. The van der Waals surface area contributed by atoms with E-state index in [1.807, 2.05) is 73.1 Å². The largest absolute Gasteiger partial charge is 0 e. The molecule has 3 aromatic rings. The van der Waals surface area contributed by atoms with E-state index in [0.29, 0.717) is 6.42 Å². The van der Waals surface area contributed by atoms with Gasteiger partial charge in [-0.2, -0.15) is 5.90 Å². The summed E-state index contributed by atoms with van der Waals surface area (Å²) >= 11 is 0.999. The monoisotopic (exact) mass is 738 g/mol. The second kappa shape index (κ2) is 27.6. The number of pyridine rings is 2. The molecule has 1 amide bonds. The van der Waals surface area contributed by atoms with Crippen LogP contribution in [-0.4, -0.2) is 27.3 Å². The summed E-state index contributed by atoms with van der Waals surface area (Å²) in [4.78, 5) is 28.4. The Morgan fingerprint density at radius 1 is 0.850 bits per heavy atom. The number of nitrogens with two attached hydrogens (primary N) is 1. The molecule has 0 aliphatic rings. The minimum Gasteiger partial charge on any atom is 0 e. The van der Waals surface area contributed by atoms with Crippen molar-refractivity contribution in [2.24, 2.45) is 5.90 Å². The summed E-state index contributed by atoms with van der Waals surface area (Å²) in [5, 5.41) is 2.92. The van der Waals surface area contributed by atoms with Gasteiger partial charge in [0.05, 0.1) is 23.4 Å². The molecule has 0 aliphatic heterocycles. The predicted octanol–water partition coefficient (Wildman–Crippen LogP) is 4.39. The average molecular weight is 738 g/mol. The minimum atomic E-state index is 0. The molecule has 40 heavy (non-hydrogen) atoms. The number of hydrogen-bond acceptors (Lipinski definition) is 8. The van der Waals surface area contributed by atoms with Gasteiger partial charge in [-0.1, -0.05) is 18.6 Å². The molecule has 3 N–H and O–H groups in total. The molecule has 2 heterocycles. The molecule has 0 atom stereocenters. The van der Waals surface area contributed by atoms with E-state index in [1.165, 1.54) is 0 Å². The SMILES string of the molecule is NOOSc1ccc(NC(=O)CCCCCN(Cc2ccccn2)Cc2ccccn2)cc1.[C-]#[O+].[C-]#[O+].[C-]#[O+].[Re]. The van der Waals surface area contributed by atoms with Crippen LogP contribution in [0.4, 0.5) is 5.69 Å². The van der Waals surface area contributed by atoms with Crippen LogP contribution in [0.3, 0.4) is 0 Å². The van der Waals surface area contributed by atoms with Crippen molar-refractivity contribution in [2.45, 2.75) is 43.7 Å². The van der Waals surface area contributed by atoms with Gasteiger partial charge in [0, 0.05) is 62.9 Å². The standard InChI is InChI=1S/C24H29N5O3S.3CO.Re/c25-31-32-33-23-13-11-20(12-14-23)28-24(30)10-2-1-7-17-29(18-21-8-3-5-15-26-21)19-22-9-4-6-16-27-22;3*1-2;/h3-6,8-9,11-16H,1-2,7,10,17-19,25H2,(H,28,30);;;;. The van der Waals surface area contributed by atoms with Crippen molar-refractivity contribution >= 4 is 23.6 Å². The molecule has 0 aliphatic carbocycles. The Kier molecular flexibility index (Phi) is 27.1. The summed E-state index contributed by atoms with van der Waals surface area (Å²) in [5.41, 5.74) is 2.83. The molecule has 0 unspecified atom stereocenters. The maximum atomic E-state index is 12.2. The smallest absolute Gasteiger partial charge is 0 e. The maximum absolute atomic E-state index is 12.2. The van der Waals surface area contributed by atoms with E-state index in [0.717, 1.165) is 72.9 Å². The van der Waals surface area contributed by atoms with E-state index in [-0.39, 0.29) is 26.3 Å². The average Bonchev–Trinajstić information content (AvgIpc) is 3.00. The van der Waals surface area contributed by atoms with Gasteiger partial charge < -0.3 is 5.32 Å². The molecule has 211 valence electrons. The third kappa shape index (κ3) is 18.4. The second-order valence-electron chi connectivity index (χ2n) is 7.48. The molecule has 1 radical (unpaired) electrons. The molecule has 0 saturated carbocycles. The molecule has 0 fully saturated rings. The van der Waals surface area contributed by atoms with Gasteiger partial charge in [-0.3, -0.25) is 19.7 Å². The number of unbranched alkanes of at least 4 members (excludes halogenated alkanes) is 2. The topological polar surface area (TPSA) is 162 Å². The van der Waals surface area contributed by atoms with Gasteiger partial charge in [0.1, 0.15) is 0 Å². The summed E-state index contributed by atoms with van der Waals surface area (Å²) in [6, 6.07) is 19.2. The van der Waals surface area contributed by atoms with Gasteiger partial charge in [0.15, 0.2) is 0 Å².